The van der Waals surface area contributed by atoms with Crippen molar-refractivity contribution in [2.24, 2.45) is 5.73 Å². The smallest absolute Gasteiger partial charge is 0.305 e. The van der Waals surface area contributed by atoms with Crippen molar-refractivity contribution >= 4 is 5.97 Å². The lowest BCUT2D eigenvalue weighted by Gasteiger charge is -2.16. The number of fused-ring (bicyclic) bond motifs is 1. The van der Waals surface area contributed by atoms with E-state index in [0.717, 1.165) is 17.5 Å². The van der Waals surface area contributed by atoms with E-state index in [-0.39, 0.29) is 23.7 Å². The molecule has 0 fully saturated rings. The first-order chi connectivity index (χ1) is 8.63. The number of carbonyl (C=O) groups excluding carboxylic acids is 1. The van der Waals surface area contributed by atoms with Crippen LogP contribution in [0, 0.1) is 0 Å². The van der Waals surface area contributed by atoms with Crippen LogP contribution in [0.5, 0.6) is 5.75 Å². The van der Waals surface area contributed by atoms with Gasteiger partial charge in [-0.25, -0.2) is 0 Å². The van der Waals surface area contributed by atoms with E-state index in [1.165, 1.54) is 0 Å². The van der Waals surface area contributed by atoms with Crippen molar-refractivity contribution in [3.63, 3.8) is 0 Å². The Morgan fingerprint density at radius 3 is 3.06 bits per heavy atom. The Hall–Kier alpha value is -1.55. The maximum absolute atomic E-state index is 11.4. The number of phenolic OH excluding ortho intramolecular Hbond substituents is 1. The number of nitrogens with two attached hydrogens (primary N) is 1. The summed E-state index contributed by atoms with van der Waals surface area (Å²) >= 11 is 0. The molecular formula is C14H19NO3. The zero-order chi connectivity index (χ0) is 13.1. The minimum absolute atomic E-state index is 0.0253. The predicted molar refractivity (Wildman–Crippen MR) is 68.4 cm³/mol. The summed E-state index contributed by atoms with van der Waals surface area (Å²) in [6, 6.07) is 5.46. The number of hydrogen-bond acceptors (Lipinski definition) is 4. The Labute approximate surface area is 107 Å². The minimum Gasteiger partial charge on any atom is -0.508 e. The summed E-state index contributed by atoms with van der Waals surface area (Å²) in [7, 11) is 0. The zero-order valence-corrected chi connectivity index (χ0v) is 10.6. The third kappa shape index (κ3) is 2.48. The molecule has 0 heterocycles. The van der Waals surface area contributed by atoms with Crippen LogP contribution < -0.4 is 5.73 Å². The van der Waals surface area contributed by atoms with Gasteiger partial charge in [0, 0.05) is 23.9 Å². The number of aromatic hydroxyl groups is 1. The van der Waals surface area contributed by atoms with Gasteiger partial charge in [-0.05, 0) is 31.4 Å². The number of esters is 1. The van der Waals surface area contributed by atoms with Crippen molar-refractivity contribution < 1.29 is 14.6 Å². The van der Waals surface area contributed by atoms with Gasteiger partial charge >= 0.3 is 5.97 Å². The average Bonchev–Trinajstić information content (AvgIpc) is 2.64. The van der Waals surface area contributed by atoms with E-state index in [1.807, 2.05) is 12.1 Å². The molecule has 0 saturated heterocycles. The normalized spacial score (nSPS) is 21.7. The minimum atomic E-state index is -0.200. The van der Waals surface area contributed by atoms with Gasteiger partial charge < -0.3 is 15.6 Å². The Kier molecular flexibility index (Phi) is 3.87. The number of rotatable bonds is 4. The van der Waals surface area contributed by atoms with Crippen molar-refractivity contribution in [3.8, 4) is 5.75 Å². The van der Waals surface area contributed by atoms with Crippen molar-refractivity contribution in [1.82, 2.24) is 0 Å². The van der Waals surface area contributed by atoms with Crippen molar-refractivity contribution in [3.05, 3.63) is 29.3 Å². The SMILES string of the molecule is CCOC(=O)CCC1c2c(O)cccc2CC1N. The van der Waals surface area contributed by atoms with Crippen LogP contribution in [0.1, 0.15) is 36.8 Å². The second-order valence-corrected chi connectivity index (χ2v) is 4.67. The summed E-state index contributed by atoms with van der Waals surface area (Å²) < 4.78 is 4.91. The van der Waals surface area contributed by atoms with Gasteiger partial charge in [0.1, 0.15) is 5.75 Å². The molecule has 1 aliphatic carbocycles. The van der Waals surface area contributed by atoms with Crippen LogP contribution >= 0.6 is 0 Å². The molecule has 4 nitrogen and oxygen atoms in total. The van der Waals surface area contributed by atoms with Crippen molar-refractivity contribution in [2.45, 2.75) is 38.1 Å². The molecular weight excluding hydrogens is 230 g/mol. The highest BCUT2D eigenvalue weighted by Gasteiger charge is 2.32. The Bertz CT molecular complexity index is 445. The molecule has 2 unspecified atom stereocenters. The van der Waals surface area contributed by atoms with Crippen LogP contribution in [0.25, 0.3) is 0 Å². The summed E-state index contributed by atoms with van der Waals surface area (Å²) in [4.78, 5) is 11.4. The number of carbonyl (C=O) groups is 1. The number of ether oxygens (including phenoxy) is 1. The predicted octanol–water partition coefficient (Wildman–Crippen LogP) is 1.70. The molecule has 3 N–H and O–H groups in total. The quantitative estimate of drug-likeness (QED) is 0.797. The van der Waals surface area contributed by atoms with Gasteiger partial charge in [-0.1, -0.05) is 12.1 Å². The molecule has 2 atom stereocenters. The molecule has 0 aromatic heterocycles. The van der Waals surface area contributed by atoms with Gasteiger partial charge in [0.05, 0.1) is 6.61 Å². The number of hydrogen-bond donors (Lipinski definition) is 2. The fraction of sp³-hybridized carbons (Fsp3) is 0.500. The first-order valence-electron chi connectivity index (χ1n) is 6.35. The molecule has 98 valence electrons. The maximum atomic E-state index is 11.4. The van der Waals surface area contributed by atoms with E-state index in [1.54, 1.807) is 13.0 Å². The second-order valence-electron chi connectivity index (χ2n) is 4.67. The summed E-state index contributed by atoms with van der Waals surface area (Å²) in [6.45, 7) is 2.19. The fourth-order valence-corrected chi connectivity index (χ4v) is 2.68. The molecule has 1 aromatic rings. The molecule has 1 aromatic carbocycles. The summed E-state index contributed by atoms with van der Waals surface area (Å²) in [5.41, 5.74) is 8.10. The van der Waals surface area contributed by atoms with E-state index in [0.29, 0.717) is 19.4 Å². The van der Waals surface area contributed by atoms with Gasteiger partial charge in [-0.15, -0.1) is 0 Å². The summed E-state index contributed by atoms with van der Waals surface area (Å²) in [6.07, 6.45) is 1.74. The number of phenols is 1. The van der Waals surface area contributed by atoms with Crippen LogP contribution in [-0.4, -0.2) is 23.7 Å². The van der Waals surface area contributed by atoms with Crippen molar-refractivity contribution in [1.29, 1.82) is 0 Å². The van der Waals surface area contributed by atoms with Crippen LogP contribution in [0.3, 0.4) is 0 Å². The van der Waals surface area contributed by atoms with Gasteiger partial charge in [-0.3, -0.25) is 4.79 Å². The Morgan fingerprint density at radius 1 is 1.56 bits per heavy atom. The third-order valence-electron chi connectivity index (χ3n) is 3.48. The molecule has 0 amide bonds. The highest BCUT2D eigenvalue weighted by Crippen LogP contribution is 2.40. The molecule has 0 spiro atoms. The summed E-state index contributed by atoms with van der Waals surface area (Å²) in [5, 5.41) is 9.92. The lowest BCUT2D eigenvalue weighted by molar-refractivity contribution is -0.143. The first-order valence-corrected chi connectivity index (χ1v) is 6.35. The van der Waals surface area contributed by atoms with Gasteiger partial charge in [-0.2, -0.15) is 0 Å². The molecule has 1 aliphatic rings. The van der Waals surface area contributed by atoms with E-state index in [9.17, 15) is 9.90 Å². The fourth-order valence-electron chi connectivity index (χ4n) is 2.68. The first kappa shape index (κ1) is 12.9. The molecule has 18 heavy (non-hydrogen) atoms. The molecule has 0 bridgehead atoms. The maximum Gasteiger partial charge on any atom is 0.305 e. The molecule has 2 rings (SSSR count). The largest absolute Gasteiger partial charge is 0.508 e. The van der Waals surface area contributed by atoms with E-state index >= 15 is 0 Å². The summed E-state index contributed by atoms with van der Waals surface area (Å²) in [5.74, 6) is 0.133. The second kappa shape index (κ2) is 5.40. The molecule has 0 radical (unpaired) electrons. The van der Waals surface area contributed by atoms with E-state index < -0.39 is 0 Å². The van der Waals surface area contributed by atoms with Crippen LogP contribution in [-0.2, 0) is 16.0 Å². The standard InChI is InChI=1S/C14H19NO3/c1-2-18-13(17)7-6-10-11(15)8-9-4-3-5-12(16)14(9)10/h3-5,10-11,16H,2,6-8,15H2,1H3. The van der Waals surface area contributed by atoms with Crippen LogP contribution in [0.4, 0.5) is 0 Å². The molecule has 0 saturated carbocycles. The zero-order valence-electron chi connectivity index (χ0n) is 10.6. The Balaban J connectivity index is 2.08. The van der Waals surface area contributed by atoms with Crippen LogP contribution in [0.2, 0.25) is 0 Å². The lowest BCUT2D eigenvalue weighted by atomic mass is 9.93. The van der Waals surface area contributed by atoms with Gasteiger partial charge in [0.25, 0.3) is 0 Å². The topological polar surface area (TPSA) is 72.5 Å². The molecule has 0 aliphatic heterocycles. The van der Waals surface area contributed by atoms with Gasteiger partial charge in [0.2, 0.25) is 0 Å². The third-order valence-corrected chi connectivity index (χ3v) is 3.48. The Morgan fingerprint density at radius 2 is 2.33 bits per heavy atom. The monoisotopic (exact) mass is 249 g/mol. The van der Waals surface area contributed by atoms with Gasteiger partial charge in [0.15, 0.2) is 0 Å². The van der Waals surface area contributed by atoms with E-state index in [2.05, 4.69) is 0 Å². The lowest BCUT2D eigenvalue weighted by Crippen LogP contribution is -2.25. The molecule has 4 heteroatoms. The highest BCUT2D eigenvalue weighted by molar-refractivity contribution is 5.69. The average molecular weight is 249 g/mol. The van der Waals surface area contributed by atoms with Crippen LogP contribution in [0.15, 0.2) is 18.2 Å². The number of benzene rings is 1. The highest BCUT2D eigenvalue weighted by atomic mass is 16.5. The van der Waals surface area contributed by atoms with E-state index in [4.69, 9.17) is 10.5 Å². The van der Waals surface area contributed by atoms with Crippen molar-refractivity contribution in [2.75, 3.05) is 6.61 Å².